The molecule has 0 unspecified atom stereocenters. The van der Waals surface area contributed by atoms with Crippen LogP contribution in [0.3, 0.4) is 0 Å². The Balaban J connectivity index is 0.000000583. The zero-order valence-corrected chi connectivity index (χ0v) is 10.2. The number of piperazine rings is 1. The summed E-state index contributed by atoms with van der Waals surface area (Å²) in [4.78, 5) is 7.91. The molecule has 0 aromatic rings. The molecule has 0 atom stereocenters. The summed E-state index contributed by atoms with van der Waals surface area (Å²) < 4.78 is 0. The Hall–Kier alpha value is -0.600. The van der Waals surface area contributed by atoms with E-state index in [0.717, 1.165) is 32.8 Å². The smallest absolute Gasteiger partial charge is 0.0656 e. The summed E-state index contributed by atoms with van der Waals surface area (Å²) in [6.45, 7) is 17.0. The lowest BCUT2D eigenvalue weighted by Gasteiger charge is -2.33. The first-order valence-corrected chi connectivity index (χ1v) is 5.67. The second-order valence-electron chi connectivity index (χ2n) is 3.44. The summed E-state index contributed by atoms with van der Waals surface area (Å²) in [6.07, 6.45) is 1.26. The highest BCUT2D eigenvalue weighted by atomic mass is 16.7. The summed E-state index contributed by atoms with van der Waals surface area (Å²) >= 11 is 0. The van der Waals surface area contributed by atoms with E-state index in [9.17, 15) is 0 Å². The van der Waals surface area contributed by atoms with Crippen LogP contribution in [0.1, 0.15) is 20.3 Å². The van der Waals surface area contributed by atoms with Gasteiger partial charge in [0.15, 0.2) is 0 Å². The molecule has 88 valence electrons. The maximum atomic E-state index is 5.42. The minimum absolute atomic E-state index is 0.799. The van der Waals surface area contributed by atoms with Crippen molar-refractivity contribution < 1.29 is 4.84 Å². The molecule has 1 aliphatic heterocycles. The third kappa shape index (κ3) is 7.34. The van der Waals surface area contributed by atoms with Gasteiger partial charge in [0.25, 0.3) is 0 Å². The minimum Gasteiger partial charge on any atom is -0.301 e. The van der Waals surface area contributed by atoms with Crippen molar-refractivity contribution in [2.45, 2.75) is 20.3 Å². The van der Waals surface area contributed by atoms with Gasteiger partial charge in [0.05, 0.1) is 6.61 Å². The average Bonchev–Trinajstić information content (AvgIpc) is 2.23. The van der Waals surface area contributed by atoms with Gasteiger partial charge in [-0.05, 0) is 19.9 Å². The number of hydroxylamine groups is 2. The molecule has 0 N–H and O–H groups in total. The first-order chi connectivity index (χ1) is 7.28. The van der Waals surface area contributed by atoms with Crippen LogP contribution in [-0.2, 0) is 4.84 Å². The van der Waals surface area contributed by atoms with E-state index in [4.69, 9.17) is 4.84 Å². The van der Waals surface area contributed by atoms with Gasteiger partial charge in [0, 0.05) is 26.2 Å². The van der Waals surface area contributed by atoms with Crippen LogP contribution in [0.25, 0.3) is 0 Å². The molecular weight excluding hydrogens is 188 g/mol. The van der Waals surface area contributed by atoms with Crippen LogP contribution in [0.2, 0.25) is 0 Å². The van der Waals surface area contributed by atoms with E-state index in [1.54, 1.807) is 0 Å². The lowest BCUT2D eigenvalue weighted by atomic mass is 10.3. The van der Waals surface area contributed by atoms with Gasteiger partial charge < -0.3 is 4.90 Å². The molecule has 1 heterocycles. The van der Waals surface area contributed by atoms with Gasteiger partial charge in [0.1, 0.15) is 0 Å². The van der Waals surface area contributed by atoms with Crippen molar-refractivity contribution in [3.05, 3.63) is 18.9 Å². The molecule has 0 radical (unpaired) electrons. The lowest BCUT2D eigenvalue weighted by Crippen LogP contribution is -2.46. The molecular formula is C12H24N2O. The van der Waals surface area contributed by atoms with E-state index in [0.29, 0.717) is 0 Å². The first kappa shape index (κ1) is 14.4. The molecule has 0 aromatic carbocycles. The Labute approximate surface area is 94.0 Å². The van der Waals surface area contributed by atoms with Gasteiger partial charge >= 0.3 is 0 Å². The topological polar surface area (TPSA) is 15.7 Å². The van der Waals surface area contributed by atoms with Crippen molar-refractivity contribution in [2.75, 3.05) is 39.3 Å². The van der Waals surface area contributed by atoms with Crippen LogP contribution >= 0.6 is 0 Å². The first-order valence-electron chi connectivity index (χ1n) is 5.67. The molecule has 0 saturated carbocycles. The molecule has 0 aromatic heterocycles. The fraction of sp³-hybridized carbons (Fsp3) is 0.750. The van der Waals surface area contributed by atoms with Crippen molar-refractivity contribution in [1.82, 2.24) is 9.96 Å². The fourth-order valence-electron chi connectivity index (χ4n) is 1.58. The average molecular weight is 212 g/mol. The van der Waals surface area contributed by atoms with E-state index in [1.807, 2.05) is 6.92 Å². The van der Waals surface area contributed by atoms with E-state index in [1.165, 1.54) is 13.0 Å². The van der Waals surface area contributed by atoms with Gasteiger partial charge in [0.2, 0.25) is 0 Å². The Morgan fingerprint density at radius 1 is 1.13 bits per heavy atom. The largest absolute Gasteiger partial charge is 0.301 e. The molecule has 0 spiro atoms. The molecule has 15 heavy (non-hydrogen) atoms. The predicted octanol–water partition coefficient (Wildman–Crippen LogP) is 1.92. The molecule has 1 fully saturated rings. The van der Waals surface area contributed by atoms with Gasteiger partial charge in [-0.25, -0.2) is 0 Å². The number of rotatable bonds is 4. The molecule has 1 aliphatic rings. The van der Waals surface area contributed by atoms with E-state index in [-0.39, 0.29) is 0 Å². The van der Waals surface area contributed by atoms with Crippen LogP contribution < -0.4 is 0 Å². The highest BCUT2D eigenvalue weighted by Crippen LogP contribution is 2.02. The van der Waals surface area contributed by atoms with Gasteiger partial charge in [-0.15, -0.1) is 5.73 Å². The molecule has 3 heteroatoms. The Morgan fingerprint density at radius 3 is 2.07 bits per heavy atom. The normalized spacial score (nSPS) is 17.7. The van der Waals surface area contributed by atoms with Crippen molar-refractivity contribution in [2.24, 2.45) is 0 Å². The zero-order chi connectivity index (χ0) is 11.5. The minimum atomic E-state index is 0.799. The molecule has 1 saturated heterocycles. The van der Waals surface area contributed by atoms with Crippen molar-refractivity contribution in [3.8, 4) is 0 Å². The van der Waals surface area contributed by atoms with Crippen LogP contribution in [0.15, 0.2) is 18.9 Å². The van der Waals surface area contributed by atoms with Crippen LogP contribution in [0.4, 0.5) is 0 Å². The Kier molecular flexibility index (Phi) is 9.54. The highest BCUT2D eigenvalue weighted by molar-refractivity contribution is 4.66. The zero-order valence-electron chi connectivity index (χ0n) is 10.2. The number of hydrogen-bond donors (Lipinski definition) is 0. The van der Waals surface area contributed by atoms with Gasteiger partial charge in [-0.3, -0.25) is 4.84 Å². The monoisotopic (exact) mass is 212 g/mol. The SMILES string of the molecule is C=C=C.CCCN1CCN(OCC)CC1. The quantitative estimate of drug-likeness (QED) is 0.662. The second kappa shape index (κ2) is 9.94. The summed E-state index contributed by atoms with van der Waals surface area (Å²) in [5.74, 6) is 0. The Bertz CT molecular complexity index is 154. The van der Waals surface area contributed by atoms with Crippen LogP contribution in [0, 0.1) is 0 Å². The maximum Gasteiger partial charge on any atom is 0.0656 e. The highest BCUT2D eigenvalue weighted by Gasteiger charge is 2.15. The third-order valence-corrected chi connectivity index (χ3v) is 2.18. The maximum absolute atomic E-state index is 5.42. The van der Waals surface area contributed by atoms with Gasteiger partial charge in [-0.2, -0.15) is 5.06 Å². The number of hydrogen-bond acceptors (Lipinski definition) is 3. The van der Waals surface area contributed by atoms with Crippen LogP contribution in [-0.4, -0.2) is 49.3 Å². The van der Waals surface area contributed by atoms with E-state index in [2.05, 4.69) is 35.8 Å². The third-order valence-electron chi connectivity index (χ3n) is 2.18. The lowest BCUT2D eigenvalue weighted by molar-refractivity contribution is -0.172. The molecule has 0 amide bonds. The van der Waals surface area contributed by atoms with Gasteiger partial charge in [-0.1, -0.05) is 20.1 Å². The standard InChI is InChI=1S/C9H20N2O.C3H4/c1-3-5-10-6-8-11(9-7-10)12-4-2;1-3-2/h3-9H2,1-2H3;1-2H2. The molecule has 1 rings (SSSR count). The molecule has 0 aliphatic carbocycles. The van der Waals surface area contributed by atoms with Crippen molar-refractivity contribution >= 4 is 0 Å². The Morgan fingerprint density at radius 2 is 1.67 bits per heavy atom. The second-order valence-corrected chi connectivity index (χ2v) is 3.44. The summed E-state index contributed by atoms with van der Waals surface area (Å²) in [5.41, 5.74) is 2.25. The fourth-order valence-corrected chi connectivity index (χ4v) is 1.58. The van der Waals surface area contributed by atoms with E-state index >= 15 is 0 Å². The van der Waals surface area contributed by atoms with Crippen molar-refractivity contribution in [3.63, 3.8) is 0 Å². The van der Waals surface area contributed by atoms with Crippen LogP contribution in [0.5, 0.6) is 0 Å². The number of nitrogens with zero attached hydrogens (tertiary/aromatic N) is 2. The predicted molar refractivity (Wildman–Crippen MR) is 64.7 cm³/mol. The van der Waals surface area contributed by atoms with E-state index < -0.39 is 0 Å². The van der Waals surface area contributed by atoms with Crippen molar-refractivity contribution in [1.29, 1.82) is 0 Å². The summed E-state index contributed by atoms with van der Waals surface area (Å²) in [7, 11) is 0. The summed E-state index contributed by atoms with van der Waals surface area (Å²) in [5, 5.41) is 2.08. The molecule has 0 bridgehead atoms. The summed E-state index contributed by atoms with van der Waals surface area (Å²) in [6, 6.07) is 0. The molecule has 3 nitrogen and oxygen atoms in total.